The second kappa shape index (κ2) is 9.07. The van der Waals surface area contributed by atoms with Gasteiger partial charge in [-0.25, -0.2) is 4.79 Å². The molecule has 19 heavy (non-hydrogen) atoms. The van der Waals surface area contributed by atoms with Crippen LogP contribution in [0.15, 0.2) is 30.3 Å². The molecule has 0 bridgehead atoms. The first-order chi connectivity index (χ1) is 8.88. The quantitative estimate of drug-likeness (QED) is 0.623. The fourth-order valence-electron chi connectivity index (χ4n) is 1.17. The van der Waals surface area contributed by atoms with Crippen LogP contribution in [0.5, 0.6) is 0 Å². The third-order valence-corrected chi connectivity index (χ3v) is 2.38. The molecule has 0 aliphatic rings. The number of carboxylic acid groups (broad SMARTS) is 2. The molecule has 0 unspecified atom stereocenters. The van der Waals surface area contributed by atoms with E-state index in [-0.39, 0.29) is 0 Å². The van der Waals surface area contributed by atoms with E-state index in [0.717, 1.165) is 6.54 Å². The van der Waals surface area contributed by atoms with Crippen LogP contribution in [0.2, 0.25) is 0 Å². The molecular formula is C13H19NO5. The normalized spacial score (nSPS) is 12.8. The van der Waals surface area contributed by atoms with Crippen LogP contribution >= 0.6 is 0 Å². The van der Waals surface area contributed by atoms with Gasteiger partial charge in [-0.05, 0) is 18.0 Å². The van der Waals surface area contributed by atoms with Crippen LogP contribution in [0.25, 0.3) is 0 Å². The number of hydrogen-bond acceptors (Lipinski definition) is 4. The highest BCUT2D eigenvalue weighted by atomic mass is 16.4. The Morgan fingerprint density at radius 1 is 1.21 bits per heavy atom. The minimum absolute atomic E-state index is 0.487. The lowest BCUT2D eigenvalue weighted by Gasteiger charge is -2.06. The molecular weight excluding hydrogens is 250 g/mol. The van der Waals surface area contributed by atoms with E-state index in [1.54, 1.807) is 0 Å². The van der Waals surface area contributed by atoms with Gasteiger partial charge in [-0.15, -0.1) is 0 Å². The van der Waals surface area contributed by atoms with E-state index in [0.29, 0.717) is 5.92 Å². The van der Waals surface area contributed by atoms with Gasteiger partial charge in [-0.3, -0.25) is 4.79 Å². The van der Waals surface area contributed by atoms with Gasteiger partial charge < -0.3 is 21.1 Å². The van der Waals surface area contributed by atoms with Crippen molar-refractivity contribution in [1.29, 1.82) is 0 Å². The molecule has 0 fully saturated rings. The molecule has 1 rings (SSSR count). The molecule has 0 spiro atoms. The maximum absolute atomic E-state index is 9.72. The van der Waals surface area contributed by atoms with Crippen molar-refractivity contribution in [3.8, 4) is 0 Å². The lowest BCUT2D eigenvalue weighted by molar-refractivity contribution is -0.152. The smallest absolute Gasteiger partial charge is 0.333 e. The first-order valence-corrected chi connectivity index (χ1v) is 5.76. The van der Waals surface area contributed by atoms with Gasteiger partial charge in [0.25, 0.3) is 0 Å². The highest BCUT2D eigenvalue weighted by Crippen LogP contribution is 2.11. The molecule has 1 aromatic rings. The van der Waals surface area contributed by atoms with Crippen LogP contribution in [-0.4, -0.2) is 39.9 Å². The van der Waals surface area contributed by atoms with Gasteiger partial charge >= 0.3 is 11.9 Å². The first kappa shape index (κ1) is 17.1. The van der Waals surface area contributed by atoms with Crippen molar-refractivity contribution >= 4 is 11.9 Å². The van der Waals surface area contributed by atoms with E-state index in [2.05, 4.69) is 19.1 Å². The maximum atomic E-state index is 9.72. The number of nitrogens with two attached hydrogens (primary N) is 1. The van der Waals surface area contributed by atoms with Crippen molar-refractivity contribution in [3.05, 3.63) is 35.9 Å². The Morgan fingerprint density at radius 2 is 1.74 bits per heavy atom. The van der Waals surface area contributed by atoms with Gasteiger partial charge in [0.1, 0.15) is 0 Å². The molecule has 2 atom stereocenters. The average Bonchev–Trinajstić information content (AvgIpc) is 2.38. The summed E-state index contributed by atoms with van der Waals surface area (Å²) in [5.41, 5.74) is 6.83. The van der Waals surface area contributed by atoms with Crippen molar-refractivity contribution in [2.24, 2.45) is 5.73 Å². The topological polar surface area (TPSA) is 121 Å². The van der Waals surface area contributed by atoms with Crippen LogP contribution in [0, 0.1) is 0 Å². The summed E-state index contributed by atoms with van der Waals surface area (Å²) in [6.45, 7) is 2.86. The van der Waals surface area contributed by atoms with Gasteiger partial charge in [-0.1, -0.05) is 37.3 Å². The maximum Gasteiger partial charge on any atom is 0.333 e. The van der Waals surface area contributed by atoms with Gasteiger partial charge in [-0.2, -0.15) is 0 Å². The number of hydrogen-bond donors (Lipinski definition) is 4. The Morgan fingerprint density at radius 3 is 2.05 bits per heavy atom. The third-order valence-electron chi connectivity index (χ3n) is 2.38. The van der Waals surface area contributed by atoms with Gasteiger partial charge in [0, 0.05) is 0 Å². The fraction of sp³-hybridized carbons (Fsp3) is 0.385. The average molecular weight is 269 g/mol. The number of carbonyl (C=O) groups is 2. The minimum Gasteiger partial charge on any atom is -0.481 e. The first-order valence-electron chi connectivity index (χ1n) is 5.76. The molecule has 0 amide bonds. The van der Waals surface area contributed by atoms with E-state index in [4.69, 9.17) is 21.1 Å². The van der Waals surface area contributed by atoms with Crippen molar-refractivity contribution in [3.63, 3.8) is 0 Å². The zero-order chi connectivity index (χ0) is 14.8. The second-order valence-electron chi connectivity index (χ2n) is 4.00. The lowest BCUT2D eigenvalue weighted by atomic mass is 10.0. The number of aliphatic hydroxyl groups is 1. The van der Waals surface area contributed by atoms with Crippen molar-refractivity contribution < 1.29 is 24.9 Å². The Kier molecular flexibility index (Phi) is 8.15. The van der Waals surface area contributed by atoms with E-state index in [1.807, 2.05) is 18.2 Å². The molecule has 0 radical (unpaired) electrons. The summed E-state index contributed by atoms with van der Waals surface area (Å²) in [7, 11) is 0. The Balaban J connectivity index is 0.000000344. The van der Waals surface area contributed by atoms with E-state index in [9.17, 15) is 9.59 Å². The van der Waals surface area contributed by atoms with Gasteiger partial charge in [0.15, 0.2) is 6.10 Å². The molecule has 0 saturated carbocycles. The van der Waals surface area contributed by atoms with Gasteiger partial charge in [0.2, 0.25) is 0 Å². The summed E-state index contributed by atoms with van der Waals surface area (Å²) in [5, 5.41) is 24.1. The zero-order valence-corrected chi connectivity index (χ0v) is 10.7. The fourth-order valence-corrected chi connectivity index (χ4v) is 1.17. The summed E-state index contributed by atoms with van der Waals surface area (Å²) in [4.78, 5) is 19.4. The number of rotatable bonds is 5. The number of aliphatic carboxylic acids is 2. The minimum atomic E-state index is -1.79. The standard InChI is InChI=1S/C9H13N.C4H6O5/c1-8(7-10)9-5-3-2-4-6-9;5-2(4(8)9)1-3(6)7/h2-6,8H,7,10H2,1H3;2,5H,1H2,(H,6,7)(H,8,9)/t8-;2-/m00/s1. The van der Waals surface area contributed by atoms with Gasteiger partial charge in [0.05, 0.1) is 6.42 Å². The Labute approximate surface area is 111 Å². The summed E-state index contributed by atoms with van der Waals surface area (Å²) in [5.74, 6) is -2.36. The molecule has 1 aromatic carbocycles. The SMILES string of the molecule is C[C@@H](CN)c1ccccc1.O=C(O)C[C@H](O)C(=O)O. The van der Waals surface area contributed by atoms with Crippen LogP contribution in [0.4, 0.5) is 0 Å². The van der Waals surface area contributed by atoms with Crippen LogP contribution in [-0.2, 0) is 9.59 Å². The largest absolute Gasteiger partial charge is 0.481 e. The van der Waals surface area contributed by atoms with Crippen LogP contribution < -0.4 is 5.73 Å². The third kappa shape index (κ3) is 7.91. The monoisotopic (exact) mass is 269 g/mol. The van der Waals surface area contributed by atoms with E-state index in [1.165, 1.54) is 5.56 Å². The zero-order valence-electron chi connectivity index (χ0n) is 10.7. The molecule has 0 aromatic heterocycles. The molecule has 0 saturated heterocycles. The lowest BCUT2D eigenvalue weighted by Crippen LogP contribution is -2.22. The van der Waals surface area contributed by atoms with Crippen LogP contribution in [0.3, 0.4) is 0 Å². The molecule has 6 heteroatoms. The molecule has 5 N–H and O–H groups in total. The second-order valence-corrected chi connectivity index (χ2v) is 4.00. The molecule has 0 heterocycles. The summed E-state index contributed by atoms with van der Waals surface area (Å²) in [6, 6.07) is 10.3. The molecule has 106 valence electrons. The summed E-state index contributed by atoms with van der Waals surface area (Å²) >= 11 is 0. The van der Waals surface area contributed by atoms with Crippen LogP contribution in [0.1, 0.15) is 24.8 Å². The summed E-state index contributed by atoms with van der Waals surface area (Å²) in [6.07, 6.45) is -2.54. The number of carboxylic acids is 2. The molecule has 0 aliphatic heterocycles. The van der Waals surface area contributed by atoms with Crippen molar-refractivity contribution in [1.82, 2.24) is 0 Å². The highest BCUT2D eigenvalue weighted by Gasteiger charge is 2.16. The Hall–Kier alpha value is -1.92. The Bertz CT molecular complexity index is 393. The van der Waals surface area contributed by atoms with E-state index >= 15 is 0 Å². The van der Waals surface area contributed by atoms with E-state index < -0.39 is 24.5 Å². The summed E-state index contributed by atoms with van der Waals surface area (Å²) < 4.78 is 0. The predicted molar refractivity (Wildman–Crippen MR) is 69.8 cm³/mol. The highest BCUT2D eigenvalue weighted by molar-refractivity contribution is 5.79. The number of aliphatic hydroxyl groups excluding tert-OH is 1. The molecule has 0 aliphatic carbocycles. The number of benzene rings is 1. The molecule has 6 nitrogen and oxygen atoms in total. The predicted octanol–water partition coefficient (Wildman–Crippen LogP) is 0.655. The van der Waals surface area contributed by atoms with Crippen molar-refractivity contribution in [2.75, 3.05) is 6.54 Å². The van der Waals surface area contributed by atoms with Crippen molar-refractivity contribution in [2.45, 2.75) is 25.4 Å².